The highest BCUT2D eigenvalue weighted by molar-refractivity contribution is 5.92. The average molecular weight is 450 g/mol. The van der Waals surface area contributed by atoms with Crippen LogP contribution in [0.25, 0.3) is 6.08 Å². The number of benzene rings is 2. The predicted octanol–water partition coefficient (Wildman–Crippen LogP) is 4.72. The first-order valence-corrected chi connectivity index (χ1v) is 11.9. The maximum atomic E-state index is 13.5. The third-order valence-electron chi connectivity index (χ3n) is 7.20. The van der Waals surface area contributed by atoms with Crippen molar-refractivity contribution in [3.05, 3.63) is 59.7 Å². The van der Waals surface area contributed by atoms with Crippen LogP contribution in [0.3, 0.4) is 0 Å². The number of piperidine rings is 1. The molecule has 1 N–H and O–H groups in total. The van der Waals surface area contributed by atoms with Crippen LogP contribution in [-0.4, -0.2) is 41.5 Å². The molecule has 2 aromatic carbocycles. The molecule has 2 fully saturated rings. The van der Waals surface area contributed by atoms with Crippen molar-refractivity contribution >= 4 is 12.0 Å². The molecule has 0 bridgehead atoms. The summed E-state index contributed by atoms with van der Waals surface area (Å²) < 4.78 is 16.8. The van der Waals surface area contributed by atoms with E-state index in [4.69, 9.17) is 14.2 Å². The van der Waals surface area contributed by atoms with Gasteiger partial charge in [-0.1, -0.05) is 37.1 Å². The number of amides is 1. The third kappa shape index (κ3) is 4.20. The molecule has 0 spiro atoms. The van der Waals surface area contributed by atoms with E-state index in [9.17, 15) is 9.90 Å². The number of likely N-dealkylation sites (tertiary alicyclic amines) is 1. The molecule has 0 unspecified atom stereocenters. The van der Waals surface area contributed by atoms with Gasteiger partial charge < -0.3 is 24.2 Å². The fraction of sp³-hybridized carbons (Fsp3) is 0.444. The molecule has 0 aromatic heterocycles. The van der Waals surface area contributed by atoms with Crippen molar-refractivity contribution in [2.75, 3.05) is 19.9 Å². The van der Waals surface area contributed by atoms with E-state index < -0.39 is 5.60 Å². The number of ether oxygens (including phenoxy) is 3. The van der Waals surface area contributed by atoms with Crippen LogP contribution in [0.15, 0.2) is 48.5 Å². The number of fused-ring (bicyclic) bond motifs is 2. The number of nitrogens with zero attached hydrogens (tertiary/aromatic N) is 1. The monoisotopic (exact) mass is 449 g/mol. The van der Waals surface area contributed by atoms with Crippen LogP contribution in [0, 0.1) is 5.92 Å². The Morgan fingerprint density at radius 1 is 1.18 bits per heavy atom. The van der Waals surface area contributed by atoms with Gasteiger partial charge in [0, 0.05) is 24.1 Å². The maximum Gasteiger partial charge on any atom is 0.247 e. The largest absolute Gasteiger partial charge is 0.494 e. The normalized spacial score (nSPS) is 26.3. The number of aliphatic hydroxyl groups is 1. The standard InChI is InChI=1S/C27H31NO5/c1-2-31-22-9-4-3-7-20(22)26-21-8-5-6-14-27(21,30)15-16-28(26)25(29)13-11-19-10-12-23-24(17-19)33-18-32-23/h3-4,7,9-13,17,21,26,30H,2,5-6,8,14-16,18H2,1H3/b13-11+/t21-,26+,27+/m0/s1. The van der Waals surface area contributed by atoms with E-state index in [1.54, 1.807) is 6.08 Å². The number of rotatable bonds is 5. The van der Waals surface area contributed by atoms with E-state index >= 15 is 0 Å². The van der Waals surface area contributed by atoms with Gasteiger partial charge in [-0.25, -0.2) is 0 Å². The number of hydrogen-bond donors (Lipinski definition) is 1. The summed E-state index contributed by atoms with van der Waals surface area (Å²) in [5.74, 6) is 2.13. The molecule has 174 valence electrons. The van der Waals surface area contributed by atoms with E-state index in [1.165, 1.54) is 0 Å². The van der Waals surface area contributed by atoms with Gasteiger partial charge in [-0.2, -0.15) is 0 Å². The number of carbonyl (C=O) groups excluding carboxylic acids is 1. The minimum absolute atomic E-state index is 0.00972. The van der Waals surface area contributed by atoms with Gasteiger partial charge >= 0.3 is 0 Å². The second-order valence-electron chi connectivity index (χ2n) is 9.10. The van der Waals surface area contributed by atoms with Crippen LogP contribution < -0.4 is 14.2 Å². The Hall–Kier alpha value is -2.99. The molecule has 1 saturated carbocycles. The fourth-order valence-electron chi connectivity index (χ4n) is 5.61. The van der Waals surface area contributed by atoms with Gasteiger partial charge in [-0.05, 0) is 56.0 Å². The maximum absolute atomic E-state index is 13.5. The van der Waals surface area contributed by atoms with Crippen molar-refractivity contribution in [1.82, 2.24) is 4.90 Å². The summed E-state index contributed by atoms with van der Waals surface area (Å²) in [5, 5.41) is 11.5. The summed E-state index contributed by atoms with van der Waals surface area (Å²) in [7, 11) is 0. The molecule has 6 heteroatoms. The molecule has 3 aliphatic rings. The average Bonchev–Trinajstić information content (AvgIpc) is 3.30. The fourth-order valence-corrected chi connectivity index (χ4v) is 5.61. The second kappa shape index (κ2) is 9.10. The Kier molecular flexibility index (Phi) is 6.02. The van der Waals surface area contributed by atoms with Gasteiger partial charge in [-0.15, -0.1) is 0 Å². The number of para-hydroxylation sites is 1. The highest BCUT2D eigenvalue weighted by atomic mass is 16.7. The first kappa shape index (κ1) is 21.8. The zero-order valence-corrected chi connectivity index (χ0v) is 19.0. The van der Waals surface area contributed by atoms with Crippen LogP contribution in [0.4, 0.5) is 0 Å². The Bertz CT molecular complexity index is 1050. The van der Waals surface area contributed by atoms with E-state index in [-0.39, 0.29) is 24.7 Å². The highest BCUT2D eigenvalue weighted by Crippen LogP contribution is 2.51. The SMILES string of the molecule is CCOc1ccccc1[C@@H]1[C@@H]2CCCC[C@@]2(O)CCN1C(=O)/C=C/c1ccc2c(c1)OCO2. The molecule has 2 aromatic rings. The van der Waals surface area contributed by atoms with Gasteiger partial charge in [0.25, 0.3) is 0 Å². The van der Waals surface area contributed by atoms with Crippen molar-refractivity contribution < 1.29 is 24.1 Å². The van der Waals surface area contributed by atoms with E-state index in [2.05, 4.69) is 0 Å². The van der Waals surface area contributed by atoms with Crippen LogP contribution in [0.5, 0.6) is 17.2 Å². The molecular formula is C27H31NO5. The zero-order chi connectivity index (χ0) is 22.8. The van der Waals surface area contributed by atoms with E-state index in [1.807, 2.05) is 60.4 Å². The van der Waals surface area contributed by atoms with Gasteiger partial charge in [0.15, 0.2) is 11.5 Å². The smallest absolute Gasteiger partial charge is 0.247 e. The Morgan fingerprint density at radius 2 is 2.03 bits per heavy atom. The van der Waals surface area contributed by atoms with Gasteiger partial charge in [0.1, 0.15) is 5.75 Å². The van der Waals surface area contributed by atoms with E-state index in [0.717, 1.165) is 48.3 Å². The molecule has 1 saturated heterocycles. The summed E-state index contributed by atoms with van der Waals surface area (Å²) in [4.78, 5) is 15.4. The Morgan fingerprint density at radius 3 is 2.91 bits per heavy atom. The predicted molar refractivity (Wildman–Crippen MR) is 125 cm³/mol. The van der Waals surface area contributed by atoms with Crippen LogP contribution >= 0.6 is 0 Å². The summed E-state index contributed by atoms with van der Waals surface area (Å²) >= 11 is 0. The van der Waals surface area contributed by atoms with E-state index in [0.29, 0.717) is 25.3 Å². The minimum Gasteiger partial charge on any atom is -0.494 e. The minimum atomic E-state index is -0.736. The Labute approximate surface area is 194 Å². The van der Waals surface area contributed by atoms with Crippen LogP contribution in [0.2, 0.25) is 0 Å². The van der Waals surface area contributed by atoms with Crippen molar-refractivity contribution in [1.29, 1.82) is 0 Å². The number of hydrogen-bond acceptors (Lipinski definition) is 5. The first-order valence-electron chi connectivity index (χ1n) is 11.9. The summed E-state index contributed by atoms with van der Waals surface area (Å²) in [6, 6.07) is 13.4. The number of carbonyl (C=O) groups is 1. The molecule has 1 aliphatic carbocycles. The molecule has 6 nitrogen and oxygen atoms in total. The molecule has 5 rings (SSSR count). The van der Waals surface area contributed by atoms with Gasteiger partial charge in [0.2, 0.25) is 12.7 Å². The molecule has 2 heterocycles. The molecule has 1 amide bonds. The van der Waals surface area contributed by atoms with Crippen molar-refractivity contribution in [2.45, 2.75) is 50.7 Å². The van der Waals surface area contributed by atoms with Crippen molar-refractivity contribution in [2.24, 2.45) is 5.92 Å². The van der Waals surface area contributed by atoms with Crippen LogP contribution in [-0.2, 0) is 4.79 Å². The zero-order valence-electron chi connectivity index (χ0n) is 19.0. The lowest BCUT2D eigenvalue weighted by Crippen LogP contribution is -2.56. The van der Waals surface area contributed by atoms with Crippen molar-refractivity contribution in [3.8, 4) is 17.2 Å². The highest BCUT2D eigenvalue weighted by Gasteiger charge is 2.50. The summed E-state index contributed by atoms with van der Waals surface area (Å²) in [5.41, 5.74) is 1.12. The molecular weight excluding hydrogens is 418 g/mol. The van der Waals surface area contributed by atoms with Gasteiger partial charge in [-0.3, -0.25) is 4.79 Å². The Balaban J connectivity index is 1.46. The van der Waals surface area contributed by atoms with Gasteiger partial charge in [0.05, 0.1) is 18.2 Å². The molecule has 0 radical (unpaired) electrons. The molecule has 33 heavy (non-hydrogen) atoms. The summed E-state index contributed by atoms with van der Waals surface area (Å²) in [6.07, 6.45) is 7.84. The van der Waals surface area contributed by atoms with Crippen LogP contribution in [0.1, 0.15) is 56.2 Å². The molecule has 2 aliphatic heterocycles. The second-order valence-corrected chi connectivity index (χ2v) is 9.10. The quantitative estimate of drug-likeness (QED) is 0.669. The third-order valence-corrected chi connectivity index (χ3v) is 7.20. The lowest BCUT2D eigenvalue weighted by Gasteiger charge is -2.52. The first-order chi connectivity index (χ1) is 16.1. The summed E-state index contributed by atoms with van der Waals surface area (Å²) in [6.45, 7) is 3.26. The lowest BCUT2D eigenvalue weighted by atomic mass is 9.66. The van der Waals surface area contributed by atoms with Crippen molar-refractivity contribution in [3.63, 3.8) is 0 Å². The topological polar surface area (TPSA) is 68.2 Å². The molecule has 3 atom stereocenters. The lowest BCUT2D eigenvalue weighted by molar-refractivity contribution is -0.151.